The third-order valence-corrected chi connectivity index (χ3v) is 12.1. The summed E-state index contributed by atoms with van der Waals surface area (Å²) in [6.45, 7) is 4.78. The van der Waals surface area contributed by atoms with Gasteiger partial charge < -0.3 is 8.98 Å². The molecule has 1 aliphatic rings. The van der Waals surface area contributed by atoms with Crippen LogP contribution < -0.4 is 0 Å². The molecule has 0 saturated carbocycles. The number of hydrogen-bond donors (Lipinski definition) is 0. The zero-order valence-corrected chi connectivity index (χ0v) is 29.4. The van der Waals surface area contributed by atoms with Crippen LogP contribution in [-0.4, -0.2) is 4.57 Å². The van der Waals surface area contributed by atoms with E-state index in [9.17, 15) is 0 Å². The molecule has 53 heavy (non-hydrogen) atoms. The minimum absolute atomic E-state index is 0.132. The van der Waals surface area contributed by atoms with E-state index in [0.29, 0.717) is 0 Å². The van der Waals surface area contributed by atoms with E-state index in [2.05, 4.69) is 170 Å². The van der Waals surface area contributed by atoms with Gasteiger partial charge in [-0.25, -0.2) is 0 Å². The minimum atomic E-state index is -0.132. The van der Waals surface area contributed by atoms with Crippen molar-refractivity contribution in [1.29, 1.82) is 0 Å². The van der Waals surface area contributed by atoms with Crippen molar-refractivity contribution in [1.82, 2.24) is 4.57 Å². The quantitative estimate of drug-likeness (QED) is 0.171. The van der Waals surface area contributed by atoms with Crippen molar-refractivity contribution in [3.63, 3.8) is 0 Å². The molecule has 0 bridgehead atoms. The lowest BCUT2D eigenvalue weighted by atomic mass is 9.81. The van der Waals surface area contributed by atoms with Crippen LogP contribution in [0.5, 0.6) is 0 Å². The summed E-state index contributed by atoms with van der Waals surface area (Å²) in [6, 6.07) is 60.4. The van der Waals surface area contributed by atoms with Gasteiger partial charge in [0.05, 0.1) is 11.2 Å². The highest BCUT2D eigenvalue weighted by Crippen LogP contribution is 2.54. The predicted octanol–water partition coefficient (Wildman–Crippen LogP) is 14.1. The normalized spacial score (nSPS) is 13.6. The molecule has 0 N–H and O–H groups in total. The van der Waals surface area contributed by atoms with Crippen LogP contribution in [0, 0.1) is 0 Å². The van der Waals surface area contributed by atoms with E-state index in [1.54, 1.807) is 0 Å². The van der Waals surface area contributed by atoms with Gasteiger partial charge in [0.25, 0.3) is 0 Å². The topological polar surface area (TPSA) is 18.1 Å². The van der Waals surface area contributed by atoms with Gasteiger partial charge >= 0.3 is 0 Å². The van der Waals surface area contributed by atoms with Crippen molar-refractivity contribution >= 4 is 65.2 Å². The fourth-order valence-electron chi connectivity index (χ4n) is 9.76. The van der Waals surface area contributed by atoms with E-state index >= 15 is 0 Å². The Balaban J connectivity index is 1.09. The Hall–Kier alpha value is -6.64. The molecule has 0 atom stereocenters. The maximum atomic E-state index is 6.32. The van der Waals surface area contributed by atoms with E-state index in [-0.39, 0.29) is 5.41 Å². The molecule has 2 nitrogen and oxygen atoms in total. The van der Waals surface area contributed by atoms with Gasteiger partial charge in [-0.05, 0) is 108 Å². The molecular formula is C51H33NO. The van der Waals surface area contributed by atoms with Crippen molar-refractivity contribution in [2.45, 2.75) is 19.3 Å². The molecule has 11 aromatic rings. The highest BCUT2D eigenvalue weighted by molar-refractivity contribution is 6.28. The van der Waals surface area contributed by atoms with Crippen LogP contribution in [0.1, 0.15) is 25.0 Å². The molecule has 9 aromatic carbocycles. The van der Waals surface area contributed by atoms with Gasteiger partial charge in [-0.15, -0.1) is 0 Å². The van der Waals surface area contributed by atoms with Crippen LogP contribution in [0.4, 0.5) is 0 Å². The molecule has 12 rings (SSSR count). The number of aromatic nitrogens is 1. The summed E-state index contributed by atoms with van der Waals surface area (Å²) in [4.78, 5) is 0. The van der Waals surface area contributed by atoms with Crippen molar-refractivity contribution in [2.24, 2.45) is 0 Å². The Morgan fingerprint density at radius 3 is 1.83 bits per heavy atom. The number of para-hydroxylation sites is 2. The summed E-state index contributed by atoms with van der Waals surface area (Å²) in [7, 11) is 0. The van der Waals surface area contributed by atoms with Crippen LogP contribution in [-0.2, 0) is 5.41 Å². The van der Waals surface area contributed by atoms with Crippen molar-refractivity contribution in [3.8, 4) is 39.2 Å². The molecule has 248 valence electrons. The maximum Gasteiger partial charge on any atom is 0.136 e. The molecule has 0 saturated heterocycles. The number of furan rings is 1. The average molecular weight is 676 g/mol. The second-order valence-corrected chi connectivity index (χ2v) is 15.3. The van der Waals surface area contributed by atoms with Crippen LogP contribution in [0.15, 0.2) is 168 Å². The average Bonchev–Trinajstić information content (AvgIpc) is 3.83. The van der Waals surface area contributed by atoms with Crippen LogP contribution in [0.2, 0.25) is 0 Å². The van der Waals surface area contributed by atoms with Gasteiger partial charge in [0.15, 0.2) is 0 Å². The highest BCUT2D eigenvalue weighted by atomic mass is 16.3. The monoisotopic (exact) mass is 675 g/mol. The van der Waals surface area contributed by atoms with E-state index in [1.807, 2.05) is 12.1 Å². The van der Waals surface area contributed by atoms with Gasteiger partial charge in [0.2, 0.25) is 0 Å². The maximum absolute atomic E-state index is 6.32. The van der Waals surface area contributed by atoms with Gasteiger partial charge in [-0.3, -0.25) is 0 Å². The van der Waals surface area contributed by atoms with E-state index < -0.39 is 0 Å². The number of fused-ring (bicyclic) bond motifs is 8. The molecule has 2 heteroatoms. The minimum Gasteiger partial charge on any atom is -0.456 e. The second kappa shape index (κ2) is 10.2. The first-order chi connectivity index (χ1) is 26.0. The van der Waals surface area contributed by atoms with Gasteiger partial charge in [-0.1, -0.05) is 135 Å². The summed E-state index contributed by atoms with van der Waals surface area (Å²) in [5.41, 5.74) is 14.5. The first-order valence-corrected chi connectivity index (χ1v) is 18.5. The van der Waals surface area contributed by atoms with E-state index in [0.717, 1.165) is 21.9 Å². The Kier molecular flexibility index (Phi) is 5.60. The molecule has 0 unspecified atom stereocenters. The Morgan fingerprint density at radius 1 is 0.453 bits per heavy atom. The fourth-order valence-corrected chi connectivity index (χ4v) is 9.76. The lowest BCUT2D eigenvalue weighted by Crippen LogP contribution is -2.14. The van der Waals surface area contributed by atoms with Gasteiger partial charge in [0.1, 0.15) is 11.2 Å². The van der Waals surface area contributed by atoms with Crippen molar-refractivity contribution in [3.05, 3.63) is 175 Å². The molecule has 0 radical (unpaired) electrons. The zero-order chi connectivity index (χ0) is 35.0. The molecular weight excluding hydrogens is 643 g/mol. The molecule has 0 fully saturated rings. The lowest BCUT2D eigenvalue weighted by molar-refractivity contribution is 0.666. The largest absolute Gasteiger partial charge is 0.456 e. The SMILES string of the molecule is CC1(C)c2ccccc2-c2c1c1cc(-c3ccc4ccc5c(-c6ccc7c(c6)oc6ccccc67)ccc6ccc3c4c65)ccc1n2-c1ccccc1. The predicted molar refractivity (Wildman–Crippen MR) is 223 cm³/mol. The Morgan fingerprint density at radius 2 is 1.06 bits per heavy atom. The first-order valence-electron chi connectivity index (χ1n) is 18.5. The number of benzene rings is 9. The smallest absolute Gasteiger partial charge is 0.136 e. The molecule has 0 spiro atoms. The third-order valence-electron chi connectivity index (χ3n) is 12.1. The summed E-state index contributed by atoms with van der Waals surface area (Å²) in [5.74, 6) is 0. The molecule has 0 amide bonds. The van der Waals surface area contributed by atoms with Gasteiger partial charge in [-0.2, -0.15) is 0 Å². The van der Waals surface area contributed by atoms with Gasteiger partial charge in [0, 0.05) is 32.8 Å². The summed E-state index contributed by atoms with van der Waals surface area (Å²) in [5, 5.41) is 11.3. The first kappa shape index (κ1) is 29.0. The Labute approximate surface area is 306 Å². The van der Waals surface area contributed by atoms with Crippen molar-refractivity contribution < 1.29 is 4.42 Å². The molecule has 2 aromatic heterocycles. The summed E-state index contributed by atoms with van der Waals surface area (Å²) in [6.07, 6.45) is 0. The van der Waals surface area contributed by atoms with Crippen LogP contribution in [0.3, 0.4) is 0 Å². The second-order valence-electron chi connectivity index (χ2n) is 15.3. The molecule has 0 aliphatic heterocycles. The number of rotatable bonds is 3. The van der Waals surface area contributed by atoms with E-state index in [4.69, 9.17) is 4.42 Å². The third kappa shape index (κ3) is 3.82. The summed E-state index contributed by atoms with van der Waals surface area (Å²) >= 11 is 0. The summed E-state index contributed by atoms with van der Waals surface area (Å²) < 4.78 is 8.80. The van der Waals surface area contributed by atoms with Crippen LogP contribution >= 0.6 is 0 Å². The molecule has 2 heterocycles. The standard InChI is InChI=1S/C51H33NO/c1-51(2)43-14-8-6-13-41(43)50-49(51)42-28-32(21-27-44(42)52(50)34-10-4-3-5-11-34)35-22-16-30-19-26-40-36(23-17-31-18-25-39(35)47(30)48(31)40)33-20-24-38-37-12-7-9-15-45(37)53-46(38)29-33/h3-29H,1-2H3. The number of hydrogen-bond acceptors (Lipinski definition) is 1. The van der Waals surface area contributed by atoms with Crippen molar-refractivity contribution in [2.75, 3.05) is 0 Å². The highest BCUT2D eigenvalue weighted by Gasteiger charge is 2.40. The fraction of sp³-hybridized carbons (Fsp3) is 0.0588. The molecule has 1 aliphatic carbocycles. The number of nitrogens with zero attached hydrogens (tertiary/aromatic N) is 1. The Bertz CT molecular complexity index is 3300. The lowest BCUT2D eigenvalue weighted by Gasteiger charge is -2.21. The van der Waals surface area contributed by atoms with Crippen LogP contribution in [0.25, 0.3) is 104 Å². The zero-order valence-electron chi connectivity index (χ0n) is 29.4. The van der Waals surface area contributed by atoms with E-state index in [1.165, 1.54) is 93.5 Å².